The van der Waals surface area contributed by atoms with E-state index in [4.69, 9.17) is 0 Å². The zero-order valence-corrected chi connectivity index (χ0v) is 11.1. The van der Waals surface area contributed by atoms with Gasteiger partial charge >= 0.3 is 0 Å². The van der Waals surface area contributed by atoms with Crippen LogP contribution in [0.4, 0.5) is 5.69 Å². The van der Waals surface area contributed by atoms with E-state index in [0.29, 0.717) is 11.3 Å². The van der Waals surface area contributed by atoms with Crippen molar-refractivity contribution in [3.8, 4) is 0 Å². The summed E-state index contributed by atoms with van der Waals surface area (Å²) in [5.74, 6) is 0.508. The van der Waals surface area contributed by atoms with Crippen molar-refractivity contribution in [3.63, 3.8) is 0 Å². The van der Waals surface area contributed by atoms with Gasteiger partial charge in [-0.1, -0.05) is 35.9 Å². The first-order valence-electron chi connectivity index (χ1n) is 5.77. The van der Waals surface area contributed by atoms with Gasteiger partial charge in [0.2, 0.25) is 0 Å². The van der Waals surface area contributed by atoms with Crippen molar-refractivity contribution in [2.75, 3.05) is 5.32 Å². The lowest BCUT2D eigenvalue weighted by Gasteiger charge is -2.09. The molecule has 3 heteroatoms. The van der Waals surface area contributed by atoms with Crippen molar-refractivity contribution in [1.82, 2.24) is 0 Å². The third-order valence-corrected chi connectivity index (χ3v) is 3.09. The molecular formula is C15H15NOS. The predicted octanol–water partition coefficient (Wildman–Crippen LogP) is 3.68. The van der Waals surface area contributed by atoms with Gasteiger partial charge in [-0.2, -0.15) is 12.6 Å². The second kappa shape index (κ2) is 5.74. The number of para-hydroxylation sites is 1. The first-order chi connectivity index (χ1) is 8.70. The van der Waals surface area contributed by atoms with Gasteiger partial charge in [0.25, 0.3) is 5.91 Å². The zero-order chi connectivity index (χ0) is 13.0. The second-order valence-corrected chi connectivity index (χ2v) is 4.45. The van der Waals surface area contributed by atoms with Gasteiger partial charge in [-0.05, 0) is 30.7 Å². The Bertz CT molecular complexity index is 549. The molecule has 0 saturated heterocycles. The fourth-order valence-corrected chi connectivity index (χ4v) is 1.96. The Morgan fingerprint density at radius 2 is 1.78 bits per heavy atom. The Morgan fingerprint density at radius 1 is 1.11 bits per heavy atom. The van der Waals surface area contributed by atoms with Crippen LogP contribution in [-0.2, 0) is 5.75 Å². The number of benzene rings is 2. The highest BCUT2D eigenvalue weighted by atomic mass is 32.1. The molecule has 0 fully saturated rings. The van der Waals surface area contributed by atoms with Gasteiger partial charge in [0.1, 0.15) is 0 Å². The van der Waals surface area contributed by atoms with E-state index < -0.39 is 0 Å². The Hall–Kier alpha value is -1.74. The minimum Gasteiger partial charge on any atom is -0.322 e. The summed E-state index contributed by atoms with van der Waals surface area (Å²) in [5.41, 5.74) is 3.64. The second-order valence-electron chi connectivity index (χ2n) is 4.14. The molecule has 0 unspecified atom stereocenters. The van der Waals surface area contributed by atoms with Crippen molar-refractivity contribution in [3.05, 3.63) is 65.2 Å². The van der Waals surface area contributed by atoms with Crippen LogP contribution in [0.2, 0.25) is 0 Å². The summed E-state index contributed by atoms with van der Waals surface area (Å²) in [6.45, 7) is 2.00. The first kappa shape index (κ1) is 12.7. The van der Waals surface area contributed by atoms with E-state index in [1.54, 1.807) is 0 Å². The number of anilines is 1. The molecular weight excluding hydrogens is 242 g/mol. The standard InChI is InChI=1S/C15H15NOS/c1-11-6-8-12(9-7-11)15(17)16-14-5-3-2-4-13(14)10-18/h2-9,18H,10H2,1H3,(H,16,17). The number of rotatable bonds is 3. The number of nitrogens with one attached hydrogen (secondary N) is 1. The van der Waals surface area contributed by atoms with Gasteiger partial charge in [0, 0.05) is 17.0 Å². The van der Waals surface area contributed by atoms with Gasteiger partial charge in [0.05, 0.1) is 0 Å². The molecule has 0 heterocycles. The molecule has 2 rings (SSSR count). The molecule has 0 aliphatic heterocycles. The summed E-state index contributed by atoms with van der Waals surface area (Å²) in [6.07, 6.45) is 0. The molecule has 2 nitrogen and oxygen atoms in total. The number of carbonyl (C=O) groups is 1. The molecule has 0 aromatic heterocycles. The number of aryl methyl sites for hydroxylation is 1. The topological polar surface area (TPSA) is 29.1 Å². The van der Waals surface area contributed by atoms with Crippen LogP contribution < -0.4 is 5.32 Å². The third kappa shape index (κ3) is 2.93. The van der Waals surface area contributed by atoms with E-state index in [1.165, 1.54) is 0 Å². The van der Waals surface area contributed by atoms with E-state index in [9.17, 15) is 4.79 Å². The average Bonchev–Trinajstić information content (AvgIpc) is 2.40. The molecule has 1 N–H and O–H groups in total. The molecule has 1 amide bonds. The van der Waals surface area contributed by atoms with Crippen LogP contribution in [0.25, 0.3) is 0 Å². The smallest absolute Gasteiger partial charge is 0.255 e. The van der Waals surface area contributed by atoms with Crippen LogP contribution in [0.5, 0.6) is 0 Å². The summed E-state index contributed by atoms with van der Waals surface area (Å²) >= 11 is 4.25. The number of hydrogen-bond donors (Lipinski definition) is 2. The normalized spacial score (nSPS) is 10.1. The van der Waals surface area contributed by atoms with Crippen molar-refractivity contribution in [1.29, 1.82) is 0 Å². The average molecular weight is 257 g/mol. The number of amides is 1. The van der Waals surface area contributed by atoms with Gasteiger partial charge in [-0.25, -0.2) is 0 Å². The van der Waals surface area contributed by atoms with Crippen molar-refractivity contribution < 1.29 is 4.79 Å². The minimum atomic E-state index is -0.0933. The maximum absolute atomic E-state index is 12.1. The summed E-state index contributed by atoms with van der Waals surface area (Å²) < 4.78 is 0. The Kier molecular flexibility index (Phi) is 4.05. The molecule has 0 saturated carbocycles. The van der Waals surface area contributed by atoms with E-state index in [0.717, 1.165) is 16.8 Å². The molecule has 0 radical (unpaired) electrons. The lowest BCUT2D eigenvalue weighted by molar-refractivity contribution is 0.102. The van der Waals surface area contributed by atoms with Gasteiger partial charge in [0.15, 0.2) is 0 Å². The van der Waals surface area contributed by atoms with Crippen LogP contribution in [0.15, 0.2) is 48.5 Å². The minimum absolute atomic E-state index is 0.0933. The predicted molar refractivity (Wildman–Crippen MR) is 78.3 cm³/mol. The molecule has 0 bridgehead atoms. The van der Waals surface area contributed by atoms with E-state index in [2.05, 4.69) is 17.9 Å². The fourth-order valence-electron chi connectivity index (χ4n) is 1.68. The Labute approximate surface area is 112 Å². The maximum atomic E-state index is 12.1. The molecule has 0 atom stereocenters. The third-order valence-electron chi connectivity index (χ3n) is 2.75. The summed E-state index contributed by atoms with van der Waals surface area (Å²) in [6, 6.07) is 15.2. The summed E-state index contributed by atoms with van der Waals surface area (Å²) in [7, 11) is 0. The Morgan fingerprint density at radius 3 is 2.44 bits per heavy atom. The largest absolute Gasteiger partial charge is 0.322 e. The molecule has 2 aromatic rings. The first-order valence-corrected chi connectivity index (χ1v) is 6.41. The van der Waals surface area contributed by atoms with Crippen LogP contribution in [0.1, 0.15) is 21.5 Å². The molecule has 0 aliphatic carbocycles. The molecule has 2 aromatic carbocycles. The van der Waals surface area contributed by atoms with Crippen molar-refractivity contribution >= 4 is 24.2 Å². The van der Waals surface area contributed by atoms with Gasteiger partial charge in [-0.15, -0.1) is 0 Å². The van der Waals surface area contributed by atoms with E-state index in [-0.39, 0.29) is 5.91 Å². The highest BCUT2D eigenvalue weighted by Crippen LogP contribution is 2.18. The SMILES string of the molecule is Cc1ccc(C(=O)Nc2ccccc2CS)cc1. The lowest BCUT2D eigenvalue weighted by atomic mass is 10.1. The number of thiol groups is 1. The molecule has 0 spiro atoms. The summed E-state index contributed by atoms with van der Waals surface area (Å²) in [5, 5.41) is 2.91. The van der Waals surface area contributed by atoms with Crippen LogP contribution in [0.3, 0.4) is 0 Å². The highest BCUT2D eigenvalue weighted by molar-refractivity contribution is 7.79. The van der Waals surface area contributed by atoms with Crippen molar-refractivity contribution in [2.24, 2.45) is 0 Å². The molecule has 92 valence electrons. The zero-order valence-electron chi connectivity index (χ0n) is 10.2. The van der Waals surface area contributed by atoms with Crippen molar-refractivity contribution in [2.45, 2.75) is 12.7 Å². The molecule has 0 aliphatic rings. The monoisotopic (exact) mass is 257 g/mol. The highest BCUT2D eigenvalue weighted by Gasteiger charge is 2.07. The van der Waals surface area contributed by atoms with Crippen LogP contribution in [0, 0.1) is 6.92 Å². The summed E-state index contributed by atoms with van der Waals surface area (Å²) in [4.78, 5) is 12.1. The van der Waals surface area contributed by atoms with Crippen LogP contribution >= 0.6 is 12.6 Å². The maximum Gasteiger partial charge on any atom is 0.255 e. The lowest BCUT2D eigenvalue weighted by Crippen LogP contribution is -2.12. The fraction of sp³-hybridized carbons (Fsp3) is 0.133. The van der Waals surface area contributed by atoms with Gasteiger partial charge in [-0.3, -0.25) is 4.79 Å². The van der Waals surface area contributed by atoms with E-state index in [1.807, 2.05) is 55.5 Å². The van der Waals surface area contributed by atoms with Crippen LogP contribution in [-0.4, -0.2) is 5.91 Å². The Balaban J connectivity index is 2.18. The number of carbonyl (C=O) groups excluding carboxylic acids is 1. The number of hydrogen-bond acceptors (Lipinski definition) is 2. The molecule has 18 heavy (non-hydrogen) atoms. The van der Waals surface area contributed by atoms with Gasteiger partial charge < -0.3 is 5.32 Å². The van der Waals surface area contributed by atoms with E-state index >= 15 is 0 Å². The quantitative estimate of drug-likeness (QED) is 0.807.